The highest BCUT2D eigenvalue weighted by Gasteiger charge is 2.22. The monoisotopic (exact) mass is 180 g/mol. The predicted octanol–water partition coefficient (Wildman–Crippen LogP) is 1.87. The molecule has 0 radical (unpaired) electrons. The van der Waals surface area contributed by atoms with E-state index < -0.39 is 0 Å². The number of rotatable bonds is 1. The van der Waals surface area contributed by atoms with Crippen LogP contribution >= 0.6 is 11.8 Å². The number of thioether (sulfide) groups is 1. The molecule has 0 aromatic heterocycles. The molecule has 62 valence electrons. The summed E-state index contributed by atoms with van der Waals surface area (Å²) in [5.41, 5.74) is 1.04. The van der Waals surface area contributed by atoms with Crippen LogP contribution in [0.2, 0.25) is 0 Å². The van der Waals surface area contributed by atoms with Crippen molar-refractivity contribution >= 4 is 16.9 Å². The molecule has 0 saturated heterocycles. The average Bonchev–Trinajstić information content (AvgIpc) is 2.44. The van der Waals surface area contributed by atoms with E-state index in [1.807, 2.05) is 18.2 Å². The van der Waals surface area contributed by atoms with Crippen LogP contribution in [-0.4, -0.2) is 12.2 Å². The van der Waals surface area contributed by atoms with Gasteiger partial charge in [0.25, 0.3) is 0 Å². The van der Waals surface area contributed by atoms with E-state index >= 15 is 0 Å². The summed E-state index contributed by atoms with van der Waals surface area (Å²) in [7, 11) is 1.63. The molecule has 3 heteroatoms. The summed E-state index contributed by atoms with van der Waals surface area (Å²) in [6.45, 7) is 0. The van der Waals surface area contributed by atoms with Gasteiger partial charge in [-0.15, -0.1) is 0 Å². The molecule has 0 N–H and O–H groups in total. The number of hydrogen-bond donors (Lipinski definition) is 0. The van der Waals surface area contributed by atoms with Crippen LogP contribution in [0.5, 0.6) is 5.75 Å². The Labute approximate surface area is 74.9 Å². The average molecular weight is 180 g/mol. The van der Waals surface area contributed by atoms with E-state index in [4.69, 9.17) is 4.74 Å². The topological polar surface area (TPSA) is 26.3 Å². The maximum Gasteiger partial charge on any atom is 0.198 e. The Morgan fingerprint density at radius 2 is 2.33 bits per heavy atom. The molecule has 1 aliphatic heterocycles. The molecule has 0 spiro atoms. The zero-order chi connectivity index (χ0) is 8.55. The first-order valence-corrected chi connectivity index (χ1v) is 4.49. The summed E-state index contributed by atoms with van der Waals surface area (Å²) in [4.78, 5) is 12.1. The van der Waals surface area contributed by atoms with Crippen molar-refractivity contribution in [3.63, 3.8) is 0 Å². The third kappa shape index (κ3) is 1.10. The molecule has 12 heavy (non-hydrogen) atoms. The van der Waals surface area contributed by atoms with Crippen molar-refractivity contribution < 1.29 is 9.53 Å². The first kappa shape index (κ1) is 7.68. The van der Waals surface area contributed by atoms with E-state index in [1.54, 1.807) is 7.11 Å². The van der Waals surface area contributed by atoms with Gasteiger partial charge in [-0.1, -0.05) is 17.8 Å². The van der Waals surface area contributed by atoms with Gasteiger partial charge in [0.2, 0.25) is 0 Å². The maximum absolute atomic E-state index is 11.1. The zero-order valence-electron chi connectivity index (χ0n) is 6.66. The number of ether oxygens (including phenoxy) is 1. The SMILES string of the molecule is COc1cccc2c1CC(=O)S2. The number of hydrogen-bond acceptors (Lipinski definition) is 3. The van der Waals surface area contributed by atoms with Crippen molar-refractivity contribution in [2.75, 3.05) is 7.11 Å². The van der Waals surface area contributed by atoms with Gasteiger partial charge in [-0.3, -0.25) is 4.79 Å². The lowest BCUT2D eigenvalue weighted by Crippen LogP contribution is -1.92. The van der Waals surface area contributed by atoms with Crippen molar-refractivity contribution in [2.45, 2.75) is 11.3 Å². The molecule has 2 nitrogen and oxygen atoms in total. The summed E-state index contributed by atoms with van der Waals surface area (Å²) in [5, 5.41) is 0.203. The molecule has 2 rings (SSSR count). The quantitative estimate of drug-likeness (QED) is 0.660. The van der Waals surface area contributed by atoms with Gasteiger partial charge in [0.05, 0.1) is 7.11 Å². The van der Waals surface area contributed by atoms with Crippen molar-refractivity contribution in [1.82, 2.24) is 0 Å². The number of carbonyl (C=O) groups excluding carboxylic acids is 1. The first-order valence-electron chi connectivity index (χ1n) is 3.68. The smallest absolute Gasteiger partial charge is 0.198 e. The van der Waals surface area contributed by atoms with Crippen LogP contribution in [0.3, 0.4) is 0 Å². The standard InChI is InChI=1S/C9H8O2S/c1-11-7-3-2-4-8-6(7)5-9(10)12-8/h2-4H,5H2,1H3. The highest BCUT2D eigenvalue weighted by Crippen LogP contribution is 2.37. The molecule has 0 bridgehead atoms. The third-order valence-corrected chi connectivity index (χ3v) is 2.83. The van der Waals surface area contributed by atoms with Gasteiger partial charge in [-0.25, -0.2) is 0 Å². The predicted molar refractivity (Wildman–Crippen MR) is 47.6 cm³/mol. The number of carbonyl (C=O) groups is 1. The second-order valence-electron chi connectivity index (χ2n) is 2.59. The molecule has 1 heterocycles. The molecule has 1 aliphatic rings. The molecular weight excluding hydrogens is 172 g/mol. The summed E-state index contributed by atoms with van der Waals surface area (Å²) in [6.07, 6.45) is 0.504. The van der Waals surface area contributed by atoms with Crippen molar-refractivity contribution in [2.24, 2.45) is 0 Å². The summed E-state index contributed by atoms with van der Waals surface area (Å²) >= 11 is 1.30. The number of methoxy groups -OCH3 is 1. The number of fused-ring (bicyclic) bond motifs is 1. The fourth-order valence-electron chi connectivity index (χ4n) is 1.31. The Morgan fingerprint density at radius 3 is 3.08 bits per heavy atom. The lowest BCUT2D eigenvalue weighted by atomic mass is 10.1. The Balaban J connectivity index is 2.51. The van der Waals surface area contributed by atoms with Crippen LogP contribution in [0.1, 0.15) is 5.56 Å². The lowest BCUT2D eigenvalue weighted by Gasteiger charge is -2.03. The second-order valence-corrected chi connectivity index (χ2v) is 3.69. The van der Waals surface area contributed by atoms with Gasteiger partial charge in [-0.05, 0) is 12.1 Å². The van der Waals surface area contributed by atoms with Crippen LogP contribution in [0.15, 0.2) is 23.1 Å². The van der Waals surface area contributed by atoms with E-state index in [0.717, 1.165) is 16.2 Å². The normalized spacial score (nSPS) is 14.6. The minimum Gasteiger partial charge on any atom is -0.496 e. The highest BCUT2D eigenvalue weighted by molar-refractivity contribution is 8.14. The third-order valence-electron chi connectivity index (χ3n) is 1.85. The molecule has 0 saturated carbocycles. The molecule has 0 aliphatic carbocycles. The van der Waals surface area contributed by atoms with Gasteiger partial charge in [0, 0.05) is 16.9 Å². The molecule has 1 aromatic carbocycles. The highest BCUT2D eigenvalue weighted by atomic mass is 32.2. The lowest BCUT2D eigenvalue weighted by molar-refractivity contribution is -0.110. The minimum atomic E-state index is 0.203. The summed E-state index contributed by atoms with van der Waals surface area (Å²) in [5.74, 6) is 0.825. The van der Waals surface area contributed by atoms with Gasteiger partial charge in [0.1, 0.15) is 5.75 Å². The molecule has 1 aromatic rings. The molecule has 0 amide bonds. The van der Waals surface area contributed by atoms with Crippen molar-refractivity contribution in [3.8, 4) is 5.75 Å². The van der Waals surface area contributed by atoms with Crippen LogP contribution in [0.25, 0.3) is 0 Å². The fourth-order valence-corrected chi connectivity index (χ4v) is 2.21. The summed E-state index contributed by atoms with van der Waals surface area (Å²) < 4.78 is 5.14. The van der Waals surface area contributed by atoms with E-state index in [9.17, 15) is 4.79 Å². The van der Waals surface area contributed by atoms with Crippen molar-refractivity contribution in [3.05, 3.63) is 23.8 Å². The van der Waals surface area contributed by atoms with Gasteiger partial charge in [-0.2, -0.15) is 0 Å². The van der Waals surface area contributed by atoms with Gasteiger partial charge < -0.3 is 4.74 Å². The fraction of sp³-hybridized carbons (Fsp3) is 0.222. The van der Waals surface area contributed by atoms with E-state index in [0.29, 0.717) is 6.42 Å². The molecule has 0 fully saturated rings. The van der Waals surface area contributed by atoms with Gasteiger partial charge in [0.15, 0.2) is 5.12 Å². The minimum absolute atomic E-state index is 0.203. The Kier molecular flexibility index (Phi) is 1.81. The Hall–Kier alpha value is -0.960. The van der Waals surface area contributed by atoms with E-state index in [1.165, 1.54) is 11.8 Å². The Bertz CT molecular complexity index is 333. The van der Waals surface area contributed by atoms with Crippen molar-refractivity contribution in [1.29, 1.82) is 0 Å². The van der Waals surface area contributed by atoms with Crippen LogP contribution in [0, 0.1) is 0 Å². The second kappa shape index (κ2) is 2.83. The summed E-state index contributed by atoms with van der Waals surface area (Å²) in [6, 6.07) is 5.74. The molecule has 0 atom stereocenters. The van der Waals surface area contributed by atoms with E-state index in [-0.39, 0.29) is 5.12 Å². The molecule has 0 unspecified atom stereocenters. The Morgan fingerprint density at radius 1 is 1.50 bits per heavy atom. The van der Waals surface area contributed by atoms with Gasteiger partial charge >= 0.3 is 0 Å². The zero-order valence-corrected chi connectivity index (χ0v) is 7.48. The van der Waals surface area contributed by atoms with Crippen LogP contribution in [0.4, 0.5) is 0 Å². The first-order chi connectivity index (χ1) is 5.81. The van der Waals surface area contributed by atoms with E-state index in [2.05, 4.69) is 0 Å². The van der Waals surface area contributed by atoms with Crippen LogP contribution in [-0.2, 0) is 11.2 Å². The van der Waals surface area contributed by atoms with Crippen LogP contribution < -0.4 is 4.74 Å². The molecular formula is C9H8O2S. The largest absolute Gasteiger partial charge is 0.496 e. The number of benzene rings is 1. The maximum atomic E-state index is 11.1.